The fourth-order valence-corrected chi connectivity index (χ4v) is 1.86. The SMILES string of the molecule is SCc1nc2cc3ccccc3cc2o1. The Bertz CT molecular complexity index is 577. The number of fused-ring (bicyclic) bond motifs is 2. The lowest BCUT2D eigenvalue weighted by atomic mass is 10.1. The molecular formula is C12H9NOS. The van der Waals surface area contributed by atoms with E-state index in [0.717, 1.165) is 11.1 Å². The van der Waals surface area contributed by atoms with Crippen LogP contribution in [0.1, 0.15) is 5.89 Å². The van der Waals surface area contributed by atoms with Gasteiger partial charge in [-0.3, -0.25) is 0 Å². The number of oxazole rings is 1. The molecule has 1 aromatic heterocycles. The predicted molar refractivity (Wildman–Crippen MR) is 64.2 cm³/mol. The second-order valence-corrected chi connectivity index (χ2v) is 3.75. The van der Waals surface area contributed by atoms with E-state index in [1.165, 1.54) is 10.8 Å². The summed E-state index contributed by atoms with van der Waals surface area (Å²) in [5.41, 5.74) is 1.73. The van der Waals surface area contributed by atoms with Gasteiger partial charge in [0.05, 0.1) is 5.75 Å². The Balaban J connectivity index is 2.39. The van der Waals surface area contributed by atoms with Crippen molar-refractivity contribution in [2.24, 2.45) is 0 Å². The third-order valence-corrected chi connectivity index (χ3v) is 2.71. The van der Waals surface area contributed by atoms with Crippen LogP contribution in [0.2, 0.25) is 0 Å². The first-order valence-electron chi connectivity index (χ1n) is 4.76. The first kappa shape index (κ1) is 8.80. The van der Waals surface area contributed by atoms with Crippen LogP contribution >= 0.6 is 12.6 Å². The highest BCUT2D eigenvalue weighted by molar-refractivity contribution is 7.79. The lowest BCUT2D eigenvalue weighted by molar-refractivity contribution is 0.557. The van der Waals surface area contributed by atoms with E-state index < -0.39 is 0 Å². The van der Waals surface area contributed by atoms with Crippen LogP contribution in [0, 0.1) is 0 Å². The van der Waals surface area contributed by atoms with Crippen molar-refractivity contribution < 1.29 is 4.42 Å². The van der Waals surface area contributed by atoms with Gasteiger partial charge in [-0.2, -0.15) is 12.6 Å². The highest BCUT2D eigenvalue weighted by atomic mass is 32.1. The van der Waals surface area contributed by atoms with Crippen molar-refractivity contribution in [1.82, 2.24) is 4.98 Å². The van der Waals surface area contributed by atoms with Gasteiger partial charge in [-0.25, -0.2) is 4.98 Å². The maximum atomic E-state index is 5.54. The van der Waals surface area contributed by atoms with E-state index >= 15 is 0 Å². The average molecular weight is 215 g/mol. The minimum Gasteiger partial charge on any atom is -0.440 e. The molecule has 0 amide bonds. The van der Waals surface area contributed by atoms with Crippen LogP contribution in [0.3, 0.4) is 0 Å². The monoisotopic (exact) mass is 215 g/mol. The van der Waals surface area contributed by atoms with E-state index in [9.17, 15) is 0 Å². The number of nitrogens with zero attached hydrogens (tertiary/aromatic N) is 1. The molecule has 0 saturated carbocycles. The van der Waals surface area contributed by atoms with Crippen molar-refractivity contribution in [2.75, 3.05) is 0 Å². The van der Waals surface area contributed by atoms with Crippen molar-refractivity contribution in [1.29, 1.82) is 0 Å². The first-order valence-corrected chi connectivity index (χ1v) is 5.39. The number of hydrogen-bond acceptors (Lipinski definition) is 3. The largest absolute Gasteiger partial charge is 0.440 e. The smallest absolute Gasteiger partial charge is 0.205 e. The number of aromatic nitrogens is 1. The van der Waals surface area contributed by atoms with Gasteiger partial charge in [0.2, 0.25) is 5.89 Å². The maximum absolute atomic E-state index is 5.54. The Morgan fingerprint density at radius 3 is 2.60 bits per heavy atom. The Labute approximate surface area is 92.3 Å². The highest BCUT2D eigenvalue weighted by Gasteiger charge is 2.05. The van der Waals surface area contributed by atoms with Crippen molar-refractivity contribution in [3.63, 3.8) is 0 Å². The third-order valence-electron chi connectivity index (χ3n) is 2.44. The van der Waals surface area contributed by atoms with Crippen molar-refractivity contribution in [2.45, 2.75) is 5.75 Å². The number of rotatable bonds is 1. The molecule has 0 aliphatic rings. The van der Waals surface area contributed by atoms with Gasteiger partial charge in [0.1, 0.15) is 5.52 Å². The van der Waals surface area contributed by atoms with E-state index in [0.29, 0.717) is 11.6 Å². The first-order chi connectivity index (χ1) is 7.36. The zero-order valence-corrected chi connectivity index (χ0v) is 8.87. The van der Waals surface area contributed by atoms with E-state index in [4.69, 9.17) is 4.42 Å². The summed E-state index contributed by atoms with van der Waals surface area (Å²) in [4.78, 5) is 4.34. The summed E-state index contributed by atoms with van der Waals surface area (Å²) in [7, 11) is 0. The molecule has 0 saturated heterocycles. The predicted octanol–water partition coefficient (Wildman–Crippen LogP) is 3.41. The summed E-state index contributed by atoms with van der Waals surface area (Å²) in [5, 5.41) is 2.36. The third kappa shape index (κ3) is 1.39. The van der Waals surface area contributed by atoms with Gasteiger partial charge in [-0.15, -0.1) is 0 Å². The molecule has 3 aromatic rings. The van der Waals surface area contributed by atoms with Crippen molar-refractivity contribution >= 4 is 34.5 Å². The number of thiol groups is 1. The van der Waals surface area contributed by atoms with Crippen LogP contribution in [0.4, 0.5) is 0 Å². The van der Waals surface area contributed by atoms with Gasteiger partial charge in [0, 0.05) is 0 Å². The number of hydrogen-bond donors (Lipinski definition) is 1. The maximum Gasteiger partial charge on any atom is 0.205 e. The van der Waals surface area contributed by atoms with Gasteiger partial charge in [0.15, 0.2) is 5.58 Å². The van der Waals surface area contributed by atoms with Crippen LogP contribution < -0.4 is 0 Å². The molecule has 0 N–H and O–H groups in total. The van der Waals surface area contributed by atoms with Crippen LogP contribution in [0.15, 0.2) is 40.8 Å². The molecule has 1 heterocycles. The molecular weight excluding hydrogens is 206 g/mol. The fourth-order valence-electron chi connectivity index (χ4n) is 1.73. The summed E-state index contributed by atoms with van der Waals surface area (Å²) < 4.78 is 5.54. The molecule has 74 valence electrons. The van der Waals surface area contributed by atoms with Gasteiger partial charge in [0.25, 0.3) is 0 Å². The average Bonchev–Trinajstić information content (AvgIpc) is 2.67. The summed E-state index contributed by atoms with van der Waals surface area (Å²) >= 11 is 4.15. The van der Waals surface area contributed by atoms with Crippen molar-refractivity contribution in [3.8, 4) is 0 Å². The Morgan fingerprint density at radius 2 is 1.87 bits per heavy atom. The van der Waals surface area contributed by atoms with E-state index in [1.807, 2.05) is 24.3 Å². The van der Waals surface area contributed by atoms with Crippen LogP contribution in [-0.2, 0) is 5.75 Å². The molecule has 0 aliphatic carbocycles. The van der Waals surface area contributed by atoms with Gasteiger partial charge in [-0.05, 0) is 22.9 Å². The fraction of sp³-hybridized carbons (Fsp3) is 0.0833. The molecule has 0 fully saturated rings. The van der Waals surface area contributed by atoms with E-state index in [2.05, 4.69) is 29.7 Å². The van der Waals surface area contributed by atoms with Crippen LogP contribution in [-0.4, -0.2) is 4.98 Å². The summed E-state index contributed by atoms with van der Waals surface area (Å²) in [6.07, 6.45) is 0. The van der Waals surface area contributed by atoms with Gasteiger partial charge in [-0.1, -0.05) is 24.3 Å². The molecule has 2 nitrogen and oxygen atoms in total. The molecule has 3 rings (SSSR count). The second kappa shape index (κ2) is 3.28. The standard InChI is InChI=1S/C12H9NOS/c15-7-12-13-10-5-8-3-1-2-4-9(8)6-11(10)14-12/h1-6,15H,7H2. The lowest BCUT2D eigenvalue weighted by Crippen LogP contribution is -1.74. The molecule has 0 atom stereocenters. The Morgan fingerprint density at radius 1 is 1.13 bits per heavy atom. The molecule has 0 aliphatic heterocycles. The topological polar surface area (TPSA) is 26.0 Å². The van der Waals surface area contributed by atoms with Gasteiger partial charge >= 0.3 is 0 Å². The summed E-state index contributed by atoms with van der Waals surface area (Å²) in [6.45, 7) is 0. The van der Waals surface area contributed by atoms with Crippen LogP contribution in [0.25, 0.3) is 21.9 Å². The molecule has 0 spiro atoms. The molecule has 0 unspecified atom stereocenters. The zero-order valence-electron chi connectivity index (χ0n) is 7.97. The molecule has 0 bridgehead atoms. The second-order valence-electron chi connectivity index (χ2n) is 3.43. The minimum atomic E-state index is 0.533. The molecule has 15 heavy (non-hydrogen) atoms. The Kier molecular flexibility index (Phi) is 1.92. The van der Waals surface area contributed by atoms with Crippen LogP contribution in [0.5, 0.6) is 0 Å². The zero-order chi connectivity index (χ0) is 10.3. The van der Waals surface area contributed by atoms with Gasteiger partial charge < -0.3 is 4.42 Å². The quantitative estimate of drug-likeness (QED) is 0.629. The summed E-state index contributed by atoms with van der Waals surface area (Å²) in [5.74, 6) is 1.20. The van der Waals surface area contributed by atoms with E-state index in [-0.39, 0.29) is 0 Å². The van der Waals surface area contributed by atoms with Crippen molar-refractivity contribution in [3.05, 3.63) is 42.3 Å². The highest BCUT2D eigenvalue weighted by Crippen LogP contribution is 2.23. The molecule has 3 heteroatoms. The molecule has 0 radical (unpaired) electrons. The van der Waals surface area contributed by atoms with E-state index in [1.54, 1.807) is 0 Å². The minimum absolute atomic E-state index is 0.533. The lowest BCUT2D eigenvalue weighted by Gasteiger charge is -1.94. The number of benzene rings is 2. The summed E-state index contributed by atoms with van der Waals surface area (Å²) in [6, 6.07) is 12.2. The molecule has 2 aromatic carbocycles. The normalized spacial score (nSPS) is 11.3. The Hall–Kier alpha value is -1.48.